The molecule has 0 radical (unpaired) electrons. The first-order valence-electron chi connectivity index (χ1n) is 8.24. The molecule has 0 aliphatic carbocycles. The van der Waals surface area contributed by atoms with Gasteiger partial charge in [-0.05, 0) is 49.6 Å². The van der Waals surface area contributed by atoms with Crippen molar-refractivity contribution in [2.75, 3.05) is 13.2 Å². The minimum absolute atomic E-state index is 0.0630. The van der Waals surface area contributed by atoms with Gasteiger partial charge in [0, 0.05) is 6.54 Å². The van der Waals surface area contributed by atoms with Gasteiger partial charge in [-0.3, -0.25) is 4.79 Å². The van der Waals surface area contributed by atoms with Crippen LogP contribution in [0.25, 0.3) is 0 Å². The average molecular weight is 341 g/mol. The number of carbonyl (C=O) groups is 2. The van der Waals surface area contributed by atoms with Gasteiger partial charge >= 0.3 is 5.97 Å². The number of hydrogen-bond donors (Lipinski definition) is 2. The summed E-state index contributed by atoms with van der Waals surface area (Å²) >= 11 is 0. The molecule has 2 rings (SSSR count). The summed E-state index contributed by atoms with van der Waals surface area (Å²) in [5.41, 5.74) is 3.48. The lowest BCUT2D eigenvalue weighted by Crippen LogP contribution is -2.27. The van der Waals surface area contributed by atoms with Crippen LogP contribution in [0.4, 0.5) is 0 Å². The molecule has 2 N–H and O–H groups in total. The van der Waals surface area contributed by atoms with E-state index in [-0.39, 0.29) is 11.5 Å². The van der Waals surface area contributed by atoms with Gasteiger partial charge in [-0.25, -0.2) is 4.79 Å². The molecule has 0 aliphatic rings. The van der Waals surface area contributed by atoms with E-state index >= 15 is 0 Å². The monoisotopic (exact) mass is 341 g/mol. The summed E-state index contributed by atoms with van der Waals surface area (Å²) in [4.78, 5) is 22.6. The van der Waals surface area contributed by atoms with Crippen molar-refractivity contribution in [1.29, 1.82) is 0 Å². The number of carboxylic acid groups (broad SMARTS) is 1. The summed E-state index contributed by atoms with van der Waals surface area (Å²) in [5, 5.41) is 11.7. The maximum absolute atomic E-state index is 11.8. The van der Waals surface area contributed by atoms with E-state index in [0.717, 1.165) is 16.9 Å². The molecule has 0 spiro atoms. The van der Waals surface area contributed by atoms with E-state index in [1.807, 2.05) is 32.0 Å². The molecule has 0 heterocycles. The number of hydrogen-bond acceptors (Lipinski definition) is 3. The van der Waals surface area contributed by atoms with E-state index in [1.54, 1.807) is 24.3 Å². The highest BCUT2D eigenvalue weighted by Gasteiger charge is 2.05. The number of nitrogens with one attached hydrogen (secondary N) is 1. The van der Waals surface area contributed by atoms with Gasteiger partial charge in [0.2, 0.25) is 5.91 Å². The SMILES string of the molecule is Cc1ccc(OCCC(=O)NCCc2ccc(C(=O)O)cc2)c(C)c1. The second kappa shape index (κ2) is 8.87. The summed E-state index contributed by atoms with van der Waals surface area (Å²) in [6, 6.07) is 12.6. The molecule has 0 aliphatic heterocycles. The predicted molar refractivity (Wildman–Crippen MR) is 96.1 cm³/mol. The normalized spacial score (nSPS) is 10.3. The van der Waals surface area contributed by atoms with Crippen LogP contribution in [0.5, 0.6) is 5.75 Å². The molecule has 0 unspecified atom stereocenters. The van der Waals surface area contributed by atoms with Crippen LogP contribution in [0, 0.1) is 13.8 Å². The molecule has 5 heteroatoms. The van der Waals surface area contributed by atoms with Gasteiger partial charge in [0.05, 0.1) is 18.6 Å². The molecule has 2 aromatic carbocycles. The third-order valence-electron chi connectivity index (χ3n) is 3.85. The zero-order valence-electron chi connectivity index (χ0n) is 14.5. The quantitative estimate of drug-likeness (QED) is 0.773. The zero-order chi connectivity index (χ0) is 18.2. The van der Waals surface area contributed by atoms with Crippen molar-refractivity contribution in [3.05, 3.63) is 64.7 Å². The molecule has 0 aromatic heterocycles. The summed E-state index contributed by atoms with van der Waals surface area (Å²) in [6.07, 6.45) is 0.953. The number of carboxylic acids is 1. The number of aryl methyl sites for hydroxylation is 2. The molecule has 0 fully saturated rings. The predicted octanol–water partition coefficient (Wildman–Crippen LogP) is 3.13. The third-order valence-corrected chi connectivity index (χ3v) is 3.85. The van der Waals surface area contributed by atoms with Crippen LogP contribution in [-0.4, -0.2) is 30.1 Å². The maximum Gasteiger partial charge on any atom is 0.335 e. The molecule has 1 amide bonds. The van der Waals surface area contributed by atoms with E-state index in [9.17, 15) is 9.59 Å². The van der Waals surface area contributed by atoms with E-state index in [1.165, 1.54) is 5.56 Å². The smallest absolute Gasteiger partial charge is 0.335 e. The highest BCUT2D eigenvalue weighted by atomic mass is 16.5. The number of amides is 1. The van der Waals surface area contributed by atoms with Crippen LogP contribution < -0.4 is 10.1 Å². The number of ether oxygens (including phenoxy) is 1. The maximum atomic E-state index is 11.8. The molecule has 0 saturated carbocycles. The summed E-state index contributed by atoms with van der Waals surface area (Å²) in [6.45, 7) is 4.86. The minimum atomic E-state index is -0.941. The number of rotatable bonds is 8. The second-order valence-corrected chi connectivity index (χ2v) is 5.97. The van der Waals surface area contributed by atoms with Crippen molar-refractivity contribution >= 4 is 11.9 Å². The van der Waals surface area contributed by atoms with Crippen molar-refractivity contribution in [3.8, 4) is 5.75 Å². The Kier molecular flexibility index (Phi) is 6.57. The fraction of sp³-hybridized carbons (Fsp3) is 0.300. The Hall–Kier alpha value is -2.82. The van der Waals surface area contributed by atoms with Crippen molar-refractivity contribution < 1.29 is 19.4 Å². The summed E-state index contributed by atoms with van der Waals surface area (Å²) in [7, 11) is 0. The largest absolute Gasteiger partial charge is 0.493 e. The van der Waals surface area contributed by atoms with E-state index in [4.69, 9.17) is 9.84 Å². The number of aromatic carboxylic acids is 1. The highest BCUT2D eigenvalue weighted by molar-refractivity contribution is 5.87. The number of benzene rings is 2. The van der Waals surface area contributed by atoms with Gasteiger partial charge in [0.25, 0.3) is 0 Å². The molecule has 0 atom stereocenters. The topological polar surface area (TPSA) is 75.6 Å². The van der Waals surface area contributed by atoms with Gasteiger partial charge < -0.3 is 15.2 Å². The Labute approximate surface area is 147 Å². The van der Waals surface area contributed by atoms with Crippen LogP contribution in [0.2, 0.25) is 0 Å². The fourth-order valence-electron chi connectivity index (χ4n) is 2.46. The summed E-state index contributed by atoms with van der Waals surface area (Å²) in [5.74, 6) is -0.201. The van der Waals surface area contributed by atoms with Gasteiger partial charge in [-0.1, -0.05) is 29.8 Å². The molecule has 132 valence electrons. The van der Waals surface area contributed by atoms with Gasteiger partial charge in [-0.2, -0.15) is 0 Å². The average Bonchev–Trinajstić information content (AvgIpc) is 2.57. The standard InChI is InChI=1S/C20H23NO4/c1-14-3-8-18(15(2)13-14)25-12-10-19(22)21-11-9-16-4-6-17(7-5-16)20(23)24/h3-8,13H,9-12H2,1-2H3,(H,21,22)(H,23,24). The van der Waals surface area contributed by atoms with Crippen molar-refractivity contribution in [2.24, 2.45) is 0 Å². The third kappa shape index (κ3) is 5.95. The lowest BCUT2D eigenvalue weighted by molar-refractivity contribution is -0.121. The molecular formula is C20H23NO4. The molecule has 5 nitrogen and oxygen atoms in total. The van der Waals surface area contributed by atoms with Crippen LogP contribution in [0.15, 0.2) is 42.5 Å². The fourth-order valence-corrected chi connectivity index (χ4v) is 2.46. The lowest BCUT2D eigenvalue weighted by Gasteiger charge is -2.10. The van der Waals surface area contributed by atoms with Crippen LogP contribution >= 0.6 is 0 Å². The number of carbonyl (C=O) groups excluding carboxylic acids is 1. The highest BCUT2D eigenvalue weighted by Crippen LogP contribution is 2.18. The first-order chi connectivity index (χ1) is 12.0. The molecular weight excluding hydrogens is 318 g/mol. The van der Waals surface area contributed by atoms with Crippen LogP contribution in [0.1, 0.15) is 33.5 Å². The Morgan fingerprint density at radius 2 is 1.80 bits per heavy atom. The van der Waals surface area contributed by atoms with Crippen LogP contribution in [-0.2, 0) is 11.2 Å². The molecule has 0 bridgehead atoms. The van der Waals surface area contributed by atoms with Gasteiger partial charge in [-0.15, -0.1) is 0 Å². The zero-order valence-corrected chi connectivity index (χ0v) is 14.5. The molecule has 0 saturated heterocycles. The first kappa shape index (κ1) is 18.5. The Bertz CT molecular complexity index is 738. The van der Waals surface area contributed by atoms with E-state index in [2.05, 4.69) is 5.32 Å². The van der Waals surface area contributed by atoms with Crippen molar-refractivity contribution in [2.45, 2.75) is 26.7 Å². The van der Waals surface area contributed by atoms with E-state index in [0.29, 0.717) is 26.0 Å². The molecule has 2 aromatic rings. The van der Waals surface area contributed by atoms with Crippen molar-refractivity contribution in [3.63, 3.8) is 0 Å². The Balaban J connectivity index is 1.67. The van der Waals surface area contributed by atoms with Gasteiger partial charge in [0.1, 0.15) is 5.75 Å². The Morgan fingerprint density at radius 1 is 1.08 bits per heavy atom. The first-order valence-corrected chi connectivity index (χ1v) is 8.24. The van der Waals surface area contributed by atoms with Gasteiger partial charge in [0.15, 0.2) is 0 Å². The second-order valence-electron chi connectivity index (χ2n) is 5.97. The van der Waals surface area contributed by atoms with Crippen molar-refractivity contribution in [1.82, 2.24) is 5.32 Å². The minimum Gasteiger partial charge on any atom is -0.493 e. The Morgan fingerprint density at radius 3 is 2.44 bits per heavy atom. The summed E-state index contributed by atoms with van der Waals surface area (Å²) < 4.78 is 5.65. The van der Waals surface area contributed by atoms with Crippen LogP contribution in [0.3, 0.4) is 0 Å². The molecule has 25 heavy (non-hydrogen) atoms. The van der Waals surface area contributed by atoms with E-state index < -0.39 is 5.97 Å². The lowest BCUT2D eigenvalue weighted by atomic mass is 10.1.